The maximum absolute atomic E-state index is 14.9. The smallest absolute Gasteiger partial charge is 0.301 e. The molecule has 1 aliphatic carbocycles. The van der Waals surface area contributed by atoms with E-state index in [0.717, 1.165) is 0 Å². The van der Waals surface area contributed by atoms with Crippen molar-refractivity contribution in [3.63, 3.8) is 0 Å². The molecule has 13 heteroatoms. The molecule has 1 aromatic carbocycles. The fraction of sp³-hybridized carbons (Fsp3) is 0.480. The largest absolute Gasteiger partial charge is 0.480 e. The van der Waals surface area contributed by atoms with Crippen molar-refractivity contribution in [1.82, 2.24) is 14.5 Å². The summed E-state index contributed by atoms with van der Waals surface area (Å²) in [6, 6.07) is 3.52. The van der Waals surface area contributed by atoms with E-state index in [9.17, 15) is 23.1 Å². The summed E-state index contributed by atoms with van der Waals surface area (Å²) in [5, 5.41) is 16.4. The number of aliphatic hydroxyl groups is 1. The minimum absolute atomic E-state index is 0.0565. The maximum Gasteiger partial charge on any atom is 0.301 e. The second-order valence-electron chi connectivity index (χ2n) is 10.1. The summed E-state index contributed by atoms with van der Waals surface area (Å²) in [6.07, 6.45) is 1.83. The van der Waals surface area contributed by atoms with Gasteiger partial charge in [0.25, 0.3) is 5.56 Å². The van der Waals surface area contributed by atoms with Crippen LogP contribution >= 0.6 is 11.6 Å². The zero-order chi connectivity index (χ0) is 26.8. The van der Waals surface area contributed by atoms with Crippen LogP contribution < -0.4 is 25.8 Å². The number of ether oxygens (including phenoxy) is 1. The van der Waals surface area contributed by atoms with Crippen molar-refractivity contribution >= 4 is 45.6 Å². The number of hydrogen-bond donors (Lipinski definition) is 3. The fourth-order valence-electron chi connectivity index (χ4n) is 5.28. The monoisotopic (exact) mass is 550 g/mol. The fourth-order valence-corrected chi connectivity index (χ4v) is 5.42. The van der Waals surface area contributed by atoms with E-state index >= 15 is 0 Å². The third-order valence-electron chi connectivity index (χ3n) is 7.44. The highest BCUT2D eigenvalue weighted by Crippen LogP contribution is 2.45. The molecule has 202 valence electrons. The number of anilines is 4. The van der Waals surface area contributed by atoms with Gasteiger partial charge in [-0.25, -0.2) is 18.2 Å². The van der Waals surface area contributed by atoms with Gasteiger partial charge >= 0.3 is 5.92 Å². The SMILES string of the molecule is Cn1c(=O)c2c(c3cc(Nc4nc(N5CC(F)CC5CO)ncc4Cl)ccc31)N[C@@H](C1CC1)C(F)(F)CO2. The van der Waals surface area contributed by atoms with E-state index in [-0.39, 0.29) is 53.7 Å². The molecule has 4 heterocycles. The normalized spacial score (nSPS) is 24.5. The number of halogens is 4. The molecule has 3 N–H and O–H groups in total. The number of aliphatic hydroxyl groups excluding tert-OH is 1. The molecule has 0 amide bonds. The number of benzene rings is 1. The zero-order valence-corrected chi connectivity index (χ0v) is 21.2. The summed E-state index contributed by atoms with van der Waals surface area (Å²) in [7, 11) is 1.56. The number of fused-ring (bicyclic) bond motifs is 3. The van der Waals surface area contributed by atoms with Crippen molar-refractivity contribution in [2.45, 2.75) is 43.4 Å². The van der Waals surface area contributed by atoms with Gasteiger partial charge in [-0.3, -0.25) is 4.79 Å². The highest BCUT2D eigenvalue weighted by Gasteiger charge is 2.51. The molecule has 2 unspecified atom stereocenters. The number of hydrogen-bond acceptors (Lipinski definition) is 8. The zero-order valence-electron chi connectivity index (χ0n) is 20.4. The summed E-state index contributed by atoms with van der Waals surface area (Å²) in [5.74, 6) is -3.02. The van der Waals surface area contributed by atoms with Crippen LogP contribution in [0.3, 0.4) is 0 Å². The molecule has 2 aliphatic heterocycles. The highest BCUT2D eigenvalue weighted by atomic mass is 35.5. The van der Waals surface area contributed by atoms with E-state index < -0.39 is 36.3 Å². The van der Waals surface area contributed by atoms with Crippen LogP contribution in [0.15, 0.2) is 29.2 Å². The Kier molecular flexibility index (Phi) is 6.06. The molecule has 0 bridgehead atoms. The second-order valence-corrected chi connectivity index (χ2v) is 10.5. The number of aromatic nitrogens is 3. The van der Waals surface area contributed by atoms with Crippen LogP contribution in [0.1, 0.15) is 19.3 Å². The molecule has 1 saturated heterocycles. The molecule has 3 aromatic rings. The van der Waals surface area contributed by atoms with E-state index in [4.69, 9.17) is 16.3 Å². The van der Waals surface area contributed by atoms with Gasteiger partial charge in [-0.1, -0.05) is 11.6 Å². The van der Waals surface area contributed by atoms with Gasteiger partial charge in [-0.05, 0) is 37.0 Å². The van der Waals surface area contributed by atoms with Crippen molar-refractivity contribution in [3.8, 4) is 5.75 Å². The molecule has 3 atom stereocenters. The maximum atomic E-state index is 14.9. The Hall–Kier alpha value is -3.25. The van der Waals surface area contributed by atoms with Crippen LogP contribution in [0.2, 0.25) is 5.02 Å². The van der Waals surface area contributed by atoms with Crippen LogP contribution in [-0.2, 0) is 7.05 Å². The number of aryl methyl sites for hydroxylation is 1. The lowest BCUT2D eigenvalue weighted by Gasteiger charge is -2.25. The molecule has 2 aromatic heterocycles. The second kappa shape index (κ2) is 9.19. The molecule has 0 spiro atoms. The number of nitrogens with zero attached hydrogens (tertiary/aromatic N) is 4. The Labute approximate surface area is 220 Å². The van der Waals surface area contributed by atoms with E-state index in [2.05, 4.69) is 20.6 Å². The first-order valence-corrected chi connectivity index (χ1v) is 12.8. The Morgan fingerprint density at radius 1 is 1.34 bits per heavy atom. The van der Waals surface area contributed by atoms with Crippen molar-refractivity contribution < 1.29 is 23.0 Å². The average molecular weight is 551 g/mol. The van der Waals surface area contributed by atoms with Crippen molar-refractivity contribution in [1.29, 1.82) is 0 Å². The van der Waals surface area contributed by atoms with E-state index in [0.29, 0.717) is 29.4 Å². The molecule has 0 radical (unpaired) electrons. The van der Waals surface area contributed by atoms with Gasteiger partial charge in [-0.15, -0.1) is 0 Å². The highest BCUT2D eigenvalue weighted by molar-refractivity contribution is 6.33. The average Bonchev–Trinajstić information content (AvgIpc) is 3.67. The summed E-state index contributed by atoms with van der Waals surface area (Å²) >= 11 is 6.35. The quantitative estimate of drug-likeness (QED) is 0.440. The Morgan fingerprint density at radius 3 is 2.87 bits per heavy atom. The van der Waals surface area contributed by atoms with E-state index in [1.165, 1.54) is 10.8 Å². The molecule has 6 rings (SSSR count). The van der Waals surface area contributed by atoms with E-state index in [1.54, 1.807) is 30.1 Å². The standard InChI is InChI=1S/C25H26ClF3N6O3/c1-34-18-5-4-14(31-22-17(26)8-30-24(33-22)35-9-13(27)6-15(35)10-36)7-16(18)19-20(23(34)37)38-11-25(28,29)21(32-19)12-2-3-12/h4-5,7-8,12-13,15,21,32,36H,2-3,6,9-11H2,1H3,(H,30,31,33)/t13?,15?,21-/m0/s1. The number of alkyl halides is 3. The lowest BCUT2D eigenvalue weighted by molar-refractivity contribution is -0.0579. The number of pyridine rings is 1. The Bertz CT molecular complexity index is 1470. The number of rotatable bonds is 5. The Morgan fingerprint density at radius 2 is 2.13 bits per heavy atom. The van der Waals surface area contributed by atoms with Gasteiger partial charge in [0.1, 0.15) is 11.2 Å². The summed E-state index contributed by atoms with van der Waals surface area (Å²) in [4.78, 5) is 23.3. The van der Waals surface area contributed by atoms with Crippen molar-refractivity contribution in [3.05, 3.63) is 39.8 Å². The Balaban J connectivity index is 1.39. The predicted molar refractivity (Wildman–Crippen MR) is 138 cm³/mol. The van der Waals surface area contributed by atoms with Gasteiger partial charge < -0.3 is 29.9 Å². The minimum atomic E-state index is -3.14. The van der Waals surface area contributed by atoms with Gasteiger partial charge in [0, 0.05) is 24.5 Å². The van der Waals surface area contributed by atoms with Gasteiger partial charge in [0.2, 0.25) is 11.7 Å². The van der Waals surface area contributed by atoms with Gasteiger partial charge in [0.05, 0.1) is 42.6 Å². The summed E-state index contributed by atoms with van der Waals surface area (Å²) in [6.45, 7) is -1.06. The predicted octanol–water partition coefficient (Wildman–Crippen LogP) is 3.85. The summed E-state index contributed by atoms with van der Waals surface area (Å²) < 4.78 is 50.5. The lowest BCUT2D eigenvalue weighted by atomic mass is 10.0. The summed E-state index contributed by atoms with van der Waals surface area (Å²) in [5.41, 5.74) is 0.773. The molecule has 9 nitrogen and oxygen atoms in total. The molecule has 38 heavy (non-hydrogen) atoms. The lowest BCUT2D eigenvalue weighted by Crippen LogP contribution is -2.44. The molecule has 3 aliphatic rings. The first-order valence-electron chi connectivity index (χ1n) is 12.4. The van der Waals surface area contributed by atoms with Crippen molar-refractivity contribution in [2.24, 2.45) is 13.0 Å². The van der Waals surface area contributed by atoms with E-state index in [1.807, 2.05) is 0 Å². The molecule has 1 saturated carbocycles. The van der Waals surface area contributed by atoms with Crippen LogP contribution in [0.4, 0.5) is 36.3 Å². The third-order valence-corrected chi connectivity index (χ3v) is 7.71. The molecular formula is C25H26ClF3N6O3. The first kappa shape index (κ1) is 25.1. The third kappa shape index (κ3) is 4.29. The first-order chi connectivity index (χ1) is 18.2. The molecular weight excluding hydrogens is 525 g/mol. The van der Waals surface area contributed by atoms with Crippen LogP contribution in [0.5, 0.6) is 5.75 Å². The van der Waals surface area contributed by atoms with Crippen LogP contribution in [0.25, 0.3) is 10.9 Å². The van der Waals surface area contributed by atoms with Crippen LogP contribution in [0, 0.1) is 5.92 Å². The van der Waals surface area contributed by atoms with Gasteiger partial charge in [0.15, 0.2) is 12.4 Å². The topological polar surface area (TPSA) is 105 Å². The van der Waals surface area contributed by atoms with Crippen molar-refractivity contribution in [2.75, 3.05) is 35.3 Å². The number of nitrogens with one attached hydrogen (secondary N) is 2. The van der Waals surface area contributed by atoms with Crippen LogP contribution in [-0.4, -0.2) is 63.6 Å². The molecule has 2 fully saturated rings. The minimum Gasteiger partial charge on any atom is -0.480 e. The van der Waals surface area contributed by atoms with Gasteiger partial charge in [-0.2, -0.15) is 4.98 Å².